The molecule has 0 aliphatic heterocycles. The fourth-order valence-electron chi connectivity index (χ4n) is 1.68. The van der Waals surface area contributed by atoms with Crippen LogP contribution < -0.4 is 11.1 Å². The summed E-state index contributed by atoms with van der Waals surface area (Å²) in [6.45, 7) is 1.57. The lowest BCUT2D eigenvalue weighted by molar-refractivity contribution is -0.147. The first-order valence-electron chi connectivity index (χ1n) is 7.59. The number of carbonyl (C=O) groups is 5. The molecule has 0 aliphatic carbocycles. The number of hydrogen-bond acceptors (Lipinski definition) is 8. The summed E-state index contributed by atoms with van der Waals surface area (Å²) in [6.07, 6.45) is -1.07. The van der Waals surface area contributed by atoms with Gasteiger partial charge < -0.3 is 31.1 Å². The molecule has 12 heteroatoms. The van der Waals surface area contributed by atoms with Crippen LogP contribution in [-0.2, 0) is 28.7 Å². The molecule has 0 saturated heterocycles. The molecular weight excluding hydrogens is 372 g/mol. The van der Waals surface area contributed by atoms with Gasteiger partial charge in [0.05, 0.1) is 13.0 Å². The Morgan fingerprint density at radius 3 is 2.19 bits per heavy atom. The zero-order valence-electron chi connectivity index (χ0n) is 14.0. The van der Waals surface area contributed by atoms with Crippen LogP contribution in [0.3, 0.4) is 0 Å². The lowest BCUT2D eigenvalue weighted by Gasteiger charge is -2.19. The minimum atomic E-state index is -1.36. The van der Waals surface area contributed by atoms with Gasteiger partial charge in [0.25, 0.3) is 0 Å². The highest BCUT2D eigenvalue weighted by molar-refractivity contribution is 8.00. The Bertz CT molecular complexity index is 541. The SMILES string of the molecule is CCOC(=O)[C@H](CSC(CC(=O)O)C(=O)O)NC(=O)CC[C@H](N)C(=O)O. The van der Waals surface area contributed by atoms with Gasteiger partial charge in [-0.15, -0.1) is 11.8 Å². The molecule has 26 heavy (non-hydrogen) atoms. The van der Waals surface area contributed by atoms with Crippen molar-refractivity contribution in [2.75, 3.05) is 12.4 Å². The highest BCUT2D eigenvalue weighted by Gasteiger charge is 2.28. The number of carboxylic acids is 3. The Balaban J connectivity index is 4.81. The third-order valence-electron chi connectivity index (χ3n) is 3.01. The predicted molar refractivity (Wildman–Crippen MR) is 89.5 cm³/mol. The average molecular weight is 394 g/mol. The minimum absolute atomic E-state index is 0.0250. The van der Waals surface area contributed by atoms with Crippen molar-refractivity contribution in [2.45, 2.75) is 43.5 Å². The summed E-state index contributed by atoms with van der Waals surface area (Å²) >= 11 is 0.677. The zero-order valence-corrected chi connectivity index (χ0v) is 14.9. The first-order valence-corrected chi connectivity index (χ1v) is 8.63. The number of aliphatic carboxylic acids is 3. The van der Waals surface area contributed by atoms with Gasteiger partial charge in [-0.3, -0.25) is 19.2 Å². The molecule has 0 heterocycles. The zero-order chi connectivity index (χ0) is 20.3. The van der Waals surface area contributed by atoms with Crippen molar-refractivity contribution < 1.29 is 44.0 Å². The van der Waals surface area contributed by atoms with Gasteiger partial charge in [-0.1, -0.05) is 0 Å². The van der Waals surface area contributed by atoms with Crippen LogP contribution in [0.15, 0.2) is 0 Å². The first kappa shape index (κ1) is 23.7. The van der Waals surface area contributed by atoms with Crippen LogP contribution in [0.25, 0.3) is 0 Å². The standard InChI is InChI=1S/C14H22N2O9S/c1-2-25-14(24)8(6-26-9(13(22)23)5-11(18)19)16-10(17)4-3-7(15)12(20)21/h7-9H,2-6,15H2,1H3,(H,16,17)(H,18,19)(H,20,21)(H,22,23)/t7-,8-,9?/m0/s1. The molecule has 0 aromatic rings. The fraction of sp³-hybridized carbons (Fsp3) is 0.643. The lowest BCUT2D eigenvalue weighted by Crippen LogP contribution is -2.45. The van der Waals surface area contributed by atoms with Crippen molar-refractivity contribution in [1.29, 1.82) is 0 Å². The van der Waals surface area contributed by atoms with Crippen LogP contribution >= 0.6 is 11.8 Å². The van der Waals surface area contributed by atoms with E-state index in [4.69, 9.17) is 25.8 Å². The van der Waals surface area contributed by atoms with E-state index in [0.29, 0.717) is 11.8 Å². The van der Waals surface area contributed by atoms with Gasteiger partial charge in [-0.05, 0) is 13.3 Å². The average Bonchev–Trinajstić information content (AvgIpc) is 2.54. The Kier molecular flexibility index (Phi) is 11.0. The summed E-state index contributed by atoms with van der Waals surface area (Å²) in [4.78, 5) is 56.1. The van der Waals surface area contributed by atoms with E-state index in [0.717, 1.165) is 0 Å². The van der Waals surface area contributed by atoms with Gasteiger partial charge in [-0.2, -0.15) is 0 Å². The van der Waals surface area contributed by atoms with Gasteiger partial charge in [0.1, 0.15) is 17.3 Å². The second kappa shape index (κ2) is 12.1. The molecule has 1 unspecified atom stereocenters. The monoisotopic (exact) mass is 394 g/mol. The van der Waals surface area contributed by atoms with Gasteiger partial charge in [-0.25, -0.2) is 4.79 Å². The number of esters is 1. The van der Waals surface area contributed by atoms with Gasteiger partial charge >= 0.3 is 23.9 Å². The Morgan fingerprint density at radius 1 is 1.12 bits per heavy atom. The van der Waals surface area contributed by atoms with E-state index in [1.807, 2.05) is 0 Å². The highest BCUT2D eigenvalue weighted by Crippen LogP contribution is 2.17. The Labute approximate surface area is 153 Å². The number of nitrogens with two attached hydrogens (primary N) is 1. The number of ether oxygens (including phenoxy) is 1. The fourth-order valence-corrected chi connectivity index (χ4v) is 2.72. The van der Waals surface area contributed by atoms with Gasteiger partial charge in [0.2, 0.25) is 5.91 Å². The van der Waals surface area contributed by atoms with E-state index in [1.165, 1.54) is 0 Å². The predicted octanol–water partition coefficient (Wildman–Crippen LogP) is -1.11. The van der Waals surface area contributed by atoms with Crippen LogP contribution in [0.1, 0.15) is 26.2 Å². The third-order valence-corrected chi connectivity index (χ3v) is 4.30. The number of amides is 1. The van der Waals surface area contributed by atoms with Crippen molar-refractivity contribution in [3.05, 3.63) is 0 Å². The molecule has 0 spiro atoms. The van der Waals surface area contributed by atoms with Crippen LogP contribution in [0, 0.1) is 0 Å². The Hall–Kier alpha value is -2.34. The maximum Gasteiger partial charge on any atom is 0.329 e. The molecule has 6 N–H and O–H groups in total. The molecule has 0 aromatic heterocycles. The van der Waals surface area contributed by atoms with Crippen molar-refractivity contribution in [3.8, 4) is 0 Å². The largest absolute Gasteiger partial charge is 0.481 e. The highest BCUT2D eigenvalue weighted by atomic mass is 32.2. The molecule has 0 bridgehead atoms. The lowest BCUT2D eigenvalue weighted by atomic mass is 10.1. The maximum atomic E-state index is 11.9. The molecule has 0 saturated carbocycles. The van der Waals surface area contributed by atoms with Crippen LogP contribution in [-0.4, -0.2) is 74.8 Å². The van der Waals surface area contributed by atoms with Crippen molar-refractivity contribution in [2.24, 2.45) is 5.73 Å². The summed E-state index contributed by atoms with van der Waals surface area (Å²) in [5, 5.41) is 27.4. The number of hydrogen-bond donors (Lipinski definition) is 5. The number of carboxylic acid groups (broad SMARTS) is 3. The number of nitrogens with one attached hydrogen (secondary N) is 1. The summed E-state index contributed by atoms with van der Waals surface area (Å²) in [7, 11) is 0. The second-order valence-electron chi connectivity index (χ2n) is 5.11. The molecule has 0 radical (unpaired) electrons. The van der Waals surface area contributed by atoms with Crippen LogP contribution in [0.5, 0.6) is 0 Å². The first-order chi connectivity index (χ1) is 12.1. The van der Waals surface area contributed by atoms with Crippen LogP contribution in [0.2, 0.25) is 0 Å². The summed E-state index contributed by atoms with van der Waals surface area (Å²) in [5.74, 6) is -5.64. The molecule has 0 aromatic carbocycles. The molecule has 0 fully saturated rings. The van der Waals surface area contributed by atoms with E-state index in [-0.39, 0.29) is 25.2 Å². The van der Waals surface area contributed by atoms with E-state index >= 15 is 0 Å². The molecule has 11 nitrogen and oxygen atoms in total. The smallest absolute Gasteiger partial charge is 0.329 e. The van der Waals surface area contributed by atoms with E-state index in [1.54, 1.807) is 6.92 Å². The van der Waals surface area contributed by atoms with Gasteiger partial charge in [0, 0.05) is 12.2 Å². The quantitative estimate of drug-likeness (QED) is 0.238. The summed E-state index contributed by atoms with van der Waals surface area (Å²) in [5.41, 5.74) is 5.28. The molecular formula is C14H22N2O9S. The topological polar surface area (TPSA) is 193 Å². The normalized spacial score (nSPS) is 13.9. The molecule has 148 valence electrons. The van der Waals surface area contributed by atoms with Crippen molar-refractivity contribution >= 4 is 41.5 Å². The second-order valence-corrected chi connectivity index (χ2v) is 6.35. The number of rotatable bonds is 13. The van der Waals surface area contributed by atoms with E-state index < -0.39 is 53.5 Å². The van der Waals surface area contributed by atoms with Crippen molar-refractivity contribution in [1.82, 2.24) is 5.32 Å². The Morgan fingerprint density at radius 2 is 1.73 bits per heavy atom. The molecule has 0 rings (SSSR count). The summed E-state index contributed by atoms with van der Waals surface area (Å²) in [6, 6.07) is -2.44. The molecule has 0 aliphatic rings. The number of thioether (sulfide) groups is 1. The van der Waals surface area contributed by atoms with Crippen molar-refractivity contribution in [3.63, 3.8) is 0 Å². The number of carbonyl (C=O) groups excluding carboxylic acids is 2. The molecule has 1 amide bonds. The minimum Gasteiger partial charge on any atom is -0.481 e. The van der Waals surface area contributed by atoms with E-state index in [9.17, 15) is 24.0 Å². The van der Waals surface area contributed by atoms with Crippen LogP contribution in [0.4, 0.5) is 0 Å². The third kappa shape index (κ3) is 9.84. The maximum absolute atomic E-state index is 11.9. The van der Waals surface area contributed by atoms with E-state index in [2.05, 4.69) is 5.32 Å². The molecule has 3 atom stereocenters. The summed E-state index contributed by atoms with van der Waals surface area (Å²) < 4.78 is 4.79. The van der Waals surface area contributed by atoms with Gasteiger partial charge in [0.15, 0.2) is 0 Å².